The first-order valence-corrected chi connectivity index (χ1v) is 11.2. The maximum atomic E-state index is 13.0. The second kappa shape index (κ2) is 9.80. The van der Waals surface area contributed by atoms with Gasteiger partial charge in [0, 0.05) is 19.0 Å². The Kier molecular flexibility index (Phi) is 6.91. The highest BCUT2D eigenvalue weighted by molar-refractivity contribution is 7.13. The summed E-state index contributed by atoms with van der Waals surface area (Å²) in [5.74, 6) is 1.41. The largest absolute Gasteiger partial charge is 0.418 e. The van der Waals surface area contributed by atoms with Gasteiger partial charge in [0.05, 0.1) is 31.2 Å². The molecule has 0 bridgehead atoms. The Balaban J connectivity index is 1.34. The van der Waals surface area contributed by atoms with Crippen LogP contribution in [0, 0.1) is 5.92 Å². The fourth-order valence-electron chi connectivity index (χ4n) is 3.94. The van der Waals surface area contributed by atoms with E-state index in [2.05, 4.69) is 22.0 Å². The molecule has 8 nitrogen and oxygen atoms in total. The van der Waals surface area contributed by atoms with E-state index in [-0.39, 0.29) is 12.2 Å². The Morgan fingerprint density at radius 3 is 2.97 bits per heavy atom. The summed E-state index contributed by atoms with van der Waals surface area (Å²) in [4.78, 5) is 18.0. The number of piperidine rings is 1. The zero-order valence-electron chi connectivity index (χ0n) is 16.8. The molecule has 0 aromatic carbocycles. The smallest absolute Gasteiger partial charge is 0.257 e. The van der Waals surface area contributed by atoms with E-state index in [4.69, 9.17) is 13.9 Å². The predicted octanol–water partition coefficient (Wildman–Crippen LogP) is 2.62. The van der Waals surface area contributed by atoms with Crippen LogP contribution in [0.4, 0.5) is 0 Å². The number of aromatic nitrogens is 2. The first kappa shape index (κ1) is 20.5. The Morgan fingerprint density at radius 2 is 2.21 bits per heavy atom. The third-order valence-electron chi connectivity index (χ3n) is 5.30. The van der Waals surface area contributed by atoms with E-state index in [1.54, 1.807) is 11.3 Å². The highest BCUT2D eigenvalue weighted by atomic mass is 32.1. The van der Waals surface area contributed by atoms with Gasteiger partial charge in [-0.2, -0.15) is 0 Å². The van der Waals surface area contributed by atoms with Gasteiger partial charge < -0.3 is 18.8 Å². The molecule has 2 aromatic rings. The van der Waals surface area contributed by atoms with Gasteiger partial charge in [-0.3, -0.25) is 9.69 Å². The van der Waals surface area contributed by atoms with Crippen molar-refractivity contribution in [3.63, 3.8) is 0 Å². The lowest BCUT2D eigenvalue weighted by molar-refractivity contribution is -0.136. The number of ether oxygens (including phenoxy) is 2. The molecular formula is C20H28N4O4S. The van der Waals surface area contributed by atoms with Crippen LogP contribution < -0.4 is 0 Å². The van der Waals surface area contributed by atoms with Crippen molar-refractivity contribution in [3.8, 4) is 10.8 Å². The van der Waals surface area contributed by atoms with Gasteiger partial charge in [0.15, 0.2) is 6.29 Å². The third-order valence-corrected chi connectivity index (χ3v) is 6.16. The van der Waals surface area contributed by atoms with Crippen molar-refractivity contribution in [1.82, 2.24) is 20.0 Å². The first-order chi connectivity index (χ1) is 14.2. The maximum absolute atomic E-state index is 13.0. The van der Waals surface area contributed by atoms with E-state index in [1.807, 2.05) is 22.4 Å². The lowest BCUT2D eigenvalue weighted by Gasteiger charge is -2.35. The van der Waals surface area contributed by atoms with Crippen molar-refractivity contribution < 1.29 is 18.7 Å². The number of nitrogens with zero attached hydrogens (tertiary/aromatic N) is 4. The van der Waals surface area contributed by atoms with Crippen molar-refractivity contribution in [2.24, 2.45) is 5.92 Å². The molecule has 0 N–H and O–H groups in total. The summed E-state index contributed by atoms with van der Waals surface area (Å²) in [6.45, 7) is 6.58. The molecule has 0 spiro atoms. The standard InChI is InChI=1S/C20H28N4O4S/c1-2-7-24(13-17-21-22-19(28-17)16-6-4-11-29-16)18(25)14-23-8-3-5-15(12-23)20-26-9-10-27-20/h4,6,11,15,20H,2-3,5,7-10,12-14H2,1H3. The summed E-state index contributed by atoms with van der Waals surface area (Å²) < 4.78 is 17.1. The lowest BCUT2D eigenvalue weighted by atomic mass is 9.97. The molecule has 1 unspecified atom stereocenters. The van der Waals surface area contributed by atoms with Crippen LogP contribution in [0.1, 0.15) is 32.1 Å². The van der Waals surface area contributed by atoms with Crippen molar-refractivity contribution in [3.05, 3.63) is 23.4 Å². The highest BCUT2D eigenvalue weighted by Crippen LogP contribution is 2.25. The number of carbonyl (C=O) groups is 1. The van der Waals surface area contributed by atoms with E-state index in [0.717, 1.165) is 37.2 Å². The topological polar surface area (TPSA) is 80.9 Å². The van der Waals surface area contributed by atoms with E-state index in [0.29, 0.717) is 50.5 Å². The average molecular weight is 421 g/mol. The normalized spacial score (nSPS) is 20.9. The Labute approximate surface area is 174 Å². The second-order valence-corrected chi connectivity index (χ2v) is 8.49. The second-order valence-electron chi connectivity index (χ2n) is 7.54. The molecule has 0 saturated carbocycles. The van der Waals surface area contributed by atoms with Crippen molar-refractivity contribution >= 4 is 17.2 Å². The van der Waals surface area contributed by atoms with Crippen LogP contribution in [-0.2, 0) is 20.8 Å². The van der Waals surface area contributed by atoms with Crippen LogP contribution in [0.5, 0.6) is 0 Å². The van der Waals surface area contributed by atoms with E-state index in [1.165, 1.54) is 0 Å². The molecule has 1 atom stereocenters. The minimum atomic E-state index is -0.117. The minimum absolute atomic E-state index is 0.0941. The molecule has 2 aromatic heterocycles. The summed E-state index contributed by atoms with van der Waals surface area (Å²) in [5, 5.41) is 10.2. The first-order valence-electron chi connectivity index (χ1n) is 10.3. The van der Waals surface area contributed by atoms with Crippen molar-refractivity contribution in [2.75, 3.05) is 39.4 Å². The monoisotopic (exact) mass is 420 g/mol. The van der Waals surface area contributed by atoms with E-state index in [9.17, 15) is 4.79 Å². The number of hydrogen-bond donors (Lipinski definition) is 0. The van der Waals surface area contributed by atoms with Crippen LogP contribution >= 0.6 is 11.3 Å². The van der Waals surface area contributed by atoms with Gasteiger partial charge in [0.1, 0.15) is 0 Å². The van der Waals surface area contributed by atoms with Crippen LogP contribution in [0.15, 0.2) is 21.9 Å². The molecule has 158 valence electrons. The van der Waals surface area contributed by atoms with Gasteiger partial charge in [-0.15, -0.1) is 21.5 Å². The van der Waals surface area contributed by atoms with Gasteiger partial charge in [0.2, 0.25) is 11.8 Å². The molecule has 0 aliphatic carbocycles. The molecule has 9 heteroatoms. The average Bonchev–Trinajstić information content (AvgIpc) is 3.49. The Morgan fingerprint density at radius 1 is 1.34 bits per heavy atom. The molecule has 0 radical (unpaired) electrons. The van der Waals surface area contributed by atoms with Crippen LogP contribution in [-0.4, -0.2) is 71.6 Å². The van der Waals surface area contributed by atoms with Gasteiger partial charge in [0.25, 0.3) is 5.89 Å². The van der Waals surface area contributed by atoms with Crippen molar-refractivity contribution in [2.45, 2.75) is 39.0 Å². The molecule has 4 rings (SSSR count). The molecular weight excluding hydrogens is 392 g/mol. The zero-order valence-corrected chi connectivity index (χ0v) is 17.6. The molecule has 2 fully saturated rings. The maximum Gasteiger partial charge on any atom is 0.257 e. The SMILES string of the molecule is CCCN(Cc1nnc(-c2cccs2)o1)C(=O)CN1CCCC(C2OCCO2)C1. The zero-order chi connectivity index (χ0) is 20.1. The van der Waals surface area contributed by atoms with Gasteiger partial charge in [-0.05, 0) is 37.3 Å². The predicted molar refractivity (Wildman–Crippen MR) is 108 cm³/mol. The number of thiophene rings is 1. The minimum Gasteiger partial charge on any atom is -0.418 e. The molecule has 2 saturated heterocycles. The Bertz CT molecular complexity index is 775. The van der Waals surface area contributed by atoms with Crippen LogP contribution in [0.3, 0.4) is 0 Å². The van der Waals surface area contributed by atoms with Gasteiger partial charge >= 0.3 is 0 Å². The Hall–Kier alpha value is -1.81. The number of carbonyl (C=O) groups excluding carboxylic acids is 1. The van der Waals surface area contributed by atoms with Crippen LogP contribution in [0.25, 0.3) is 10.8 Å². The number of amides is 1. The number of hydrogen-bond acceptors (Lipinski definition) is 8. The third kappa shape index (κ3) is 5.22. The summed E-state index contributed by atoms with van der Waals surface area (Å²) in [6.07, 6.45) is 2.91. The van der Waals surface area contributed by atoms with E-state index < -0.39 is 0 Å². The summed E-state index contributed by atoms with van der Waals surface area (Å²) in [7, 11) is 0. The summed E-state index contributed by atoms with van der Waals surface area (Å²) >= 11 is 1.55. The molecule has 2 aliphatic heterocycles. The number of rotatable bonds is 8. The highest BCUT2D eigenvalue weighted by Gasteiger charge is 2.32. The molecule has 1 amide bonds. The quantitative estimate of drug-likeness (QED) is 0.649. The molecule has 29 heavy (non-hydrogen) atoms. The van der Waals surface area contributed by atoms with Crippen LogP contribution in [0.2, 0.25) is 0 Å². The fraction of sp³-hybridized carbons (Fsp3) is 0.650. The molecule has 4 heterocycles. The summed E-state index contributed by atoms with van der Waals surface area (Å²) in [5.41, 5.74) is 0. The van der Waals surface area contributed by atoms with E-state index >= 15 is 0 Å². The van der Waals surface area contributed by atoms with Gasteiger partial charge in [-0.25, -0.2) is 0 Å². The fourth-order valence-corrected chi connectivity index (χ4v) is 4.58. The van der Waals surface area contributed by atoms with Gasteiger partial charge in [-0.1, -0.05) is 13.0 Å². The number of likely N-dealkylation sites (tertiary alicyclic amines) is 1. The summed E-state index contributed by atoms with van der Waals surface area (Å²) in [6, 6.07) is 3.89. The lowest BCUT2D eigenvalue weighted by Crippen LogP contribution is -2.46. The van der Waals surface area contributed by atoms with Crippen molar-refractivity contribution in [1.29, 1.82) is 0 Å². The molecule has 2 aliphatic rings.